The highest BCUT2D eigenvalue weighted by molar-refractivity contribution is 7.25. The minimum absolute atomic E-state index is 0.0639. The highest BCUT2D eigenvalue weighted by Gasteiger charge is 2.39. The molecule has 2 heterocycles. The van der Waals surface area contributed by atoms with E-state index in [2.05, 4.69) is 221 Å². The summed E-state index contributed by atoms with van der Waals surface area (Å²) in [5.41, 5.74) is 20.3. The molecule has 2 aromatic heterocycles. The van der Waals surface area contributed by atoms with Crippen molar-refractivity contribution in [2.24, 2.45) is 0 Å². The van der Waals surface area contributed by atoms with Gasteiger partial charge in [0.25, 0.3) is 0 Å². The third kappa shape index (κ3) is 5.24. The maximum absolute atomic E-state index is 6.90. The fraction of sp³-hybridized carbons (Fsp3) is 0.100. The lowest BCUT2D eigenvalue weighted by Gasteiger charge is -2.27. The maximum Gasteiger partial charge on any atom is 0.140 e. The molecule has 0 atom stereocenters. The Bertz CT molecular complexity index is 3700. The minimum Gasteiger partial charge on any atom is -0.456 e. The summed E-state index contributed by atoms with van der Waals surface area (Å²) in [5.74, 6) is 0. The second-order valence-corrected chi connectivity index (χ2v) is 19.5. The Morgan fingerprint density at radius 1 is 0.381 bits per heavy atom. The number of benzene rings is 9. The number of anilines is 3. The maximum atomic E-state index is 6.90. The molecule has 0 N–H and O–H groups in total. The molecular formula is C60H43NOS. The number of fused-ring (bicyclic) bond motifs is 13. The second-order valence-electron chi connectivity index (χ2n) is 18.5. The summed E-state index contributed by atoms with van der Waals surface area (Å²) in [6, 6.07) is 69.9. The normalized spacial score (nSPS) is 14.3. The Balaban J connectivity index is 1.04. The molecule has 0 saturated heterocycles. The van der Waals surface area contributed by atoms with Crippen LogP contribution in [-0.4, -0.2) is 0 Å². The molecule has 0 saturated carbocycles. The quantitative estimate of drug-likeness (QED) is 0.172. The van der Waals surface area contributed by atoms with Gasteiger partial charge in [0.2, 0.25) is 0 Å². The van der Waals surface area contributed by atoms with E-state index in [4.69, 9.17) is 4.42 Å². The number of rotatable bonds is 5. The first-order valence-electron chi connectivity index (χ1n) is 22.0. The molecule has 11 aromatic rings. The van der Waals surface area contributed by atoms with E-state index in [0.29, 0.717) is 0 Å². The topological polar surface area (TPSA) is 16.4 Å². The van der Waals surface area contributed by atoms with Crippen LogP contribution >= 0.6 is 11.3 Å². The molecule has 13 rings (SSSR count). The van der Waals surface area contributed by atoms with Crippen LogP contribution in [0.15, 0.2) is 192 Å². The first-order chi connectivity index (χ1) is 30.7. The number of nitrogens with zero attached hydrogens (tertiary/aromatic N) is 1. The zero-order chi connectivity index (χ0) is 42.2. The summed E-state index contributed by atoms with van der Waals surface area (Å²) >= 11 is 1.86. The number of thiophene rings is 1. The minimum atomic E-state index is -0.181. The van der Waals surface area contributed by atoms with Crippen LogP contribution in [-0.2, 0) is 10.8 Å². The van der Waals surface area contributed by atoms with Crippen molar-refractivity contribution in [3.8, 4) is 44.5 Å². The van der Waals surface area contributed by atoms with E-state index in [-0.39, 0.29) is 10.8 Å². The van der Waals surface area contributed by atoms with Gasteiger partial charge in [-0.1, -0.05) is 149 Å². The summed E-state index contributed by atoms with van der Waals surface area (Å²) in [5, 5.41) is 4.82. The molecule has 63 heavy (non-hydrogen) atoms. The highest BCUT2D eigenvalue weighted by atomic mass is 32.1. The largest absolute Gasteiger partial charge is 0.456 e. The molecular weight excluding hydrogens is 783 g/mol. The van der Waals surface area contributed by atoms with Crippen LogP contribution in [0.4, 0.5) is 17.1 Å². The molecule has 0 bridgehead atoms. The van der Waals surface area contributed by atoms with E-state index in [1.165, 1.54) is 86.9 Å². The van der Waals surface area contributed by atoms with Gasteiger partial charge in [-0.2, -0.15) is 0 Å². The average molecular weight is 826 g/mol. The predicted octanol–water partition coefficient (Wildman–Crippen LogP) is 17.4. The Hall–Kier alpha value is -7.20. The van der Waals surface area contributed by atoms with Gasteiger partial charge in [0, 0.05) is 64.4 Å². The van der Waals surface area contributed by atoms with Gasteiger partial charge < -0.3 is 9.32 Å². The summed E-state index contributed by atoms with van der Waals surface area (Å²) in [6.07, 6.45) is 0. The molecule has 3 heteroatoms. The molecule has 0 aliphatic heterocycles. The first-order valence-corrected chi connectivity index (χ1v) is 22.8. The van der Waals surface area contributed by atoms with E-state index < -0.39 is 0 Å². The van der Waals surface area contributed by atoms with Crippen LogP contribution in [0.1, 0.15) is 49.9 Å². The fourth-order valence-corrected chi connectivity index (χ4v) is 12.3. The number of hydrogen-bond acceptors (Lipinski definition) is 3. The van der Waals surface area contributed by atoms with Gasteiger partial charge in [-0.3, -0.25) is 0 Å². The van der Waals surface area contributed by atoms with Gasteiger partial charge in [0.05, 0.1) is 0 Å². The molecule has 2 aliphatic rings. The van der Waals surface area contributed by atoms with E-state index in [1.54, 1.807) is 0 Å². The van der Waals surface area contributed by atoms with Crippen molar-refractivity contribution in [3.63, 3.8) is 0 Å². The van der Waals surface area contributed by atoms with Crippen LogP contribution in [0.3, 0.4) is 0 Å². The average Bonchev–Trinajstić information content (AvgIpc) is 4.01. The van der Waals surface area contributed by atoms with E-state index >= 15 is 0 Å². The molecule has 0 fully saturated rings. The predicted molar refractivity (Wildman–Crippen MR) is 267 cm³/mol. The van der Waals surface area contributed by atoms with Crippen LogP contribution in [0.25, 0.3) is 86.6 Å². The molecule has 0 radical (unpaired) electrons. The van der Waals surface area contributed by atoms with Gasteiger partial charge in [0.15, 0.2) is 0 Å². The number of furan rings is 1. The molecule has 2 aliphatic carbocycles. The van der Waals surface area contributed by atoms with Gasteiger partial charge in [-0.25, -0.2) is 0 Å². The summed E-state index contributed by atoms with van der Waals surface area (Å²) < 4.78 is 9.49. The summed E-state index contributed by atoms with van der Waals surface area (Å²) in [6.45, 7) is 9.37. The Kier molecular flexibility index (Phi) is 7.61. The van der Waals surface area contributed by atoms with Crippen molar-refractivity contribution in [1.82, 2.24) is 0 Å². The molecule has 300 valence electrons. The zero-order valence-corrected chi connectivity index (χ0v) is 36.5. The SMILES string of the molecule is CC1(C)c2ccccc2-c2cc(-c3cc(N(c4ccc5oc6c7c(ccc6c5c4)-c4ccccc4C7(C)C)c4ccc5sc6ccccc6c5c4)ccc3-c3ccccc3)ccc21. The molecule has 0 amide bonds. The fourth-order valence-electron chi connectivity index (χ4n) is 11.2. The summed E-state index contributed by atoms with van der Waals surface area (Å²) in [4.78, 5) is 2.45. The molecule has 0 spiro atoms. The van der Waals surface area contributed by atoms with Crippen molar-refractivity contribution < 1.29 is 4.42 Å². The van der Waals surface area contributed by atoms with Crippen LogP contribution in [0.2, 0.25) is 0 Å². The Morgan fingerprint density at radius 2 is 1.00 bits per heavy atom. The van der Waals surface area contributed by atoms with Gasteiger partial charge in [-0.15, -0.1) is 11.3 Å². The van der Waals surface area contributed by atoms with Crippen molar-refractivity contribution in [3.05, 3.63) is 210 Å². The third-order valence-corrected chi connectivity index (χ3v) is 15.4. The van der Waals surface area contributed by atoms with Crippen LogP contribution in [0, 0.1) is 0 Å². The lowest BCUT2D eigenvalue weighted by Crippen LogP contribution is -2.15. The van der Waals surface area contributed by atoms with E-state index in [0.717, 1.165) is 39.0 Å². The number of hydrogen-bond donors (Lipinski definition) is 0. The molecule has 2 nitrogen and oxygen atoms in total. The zero-order valence-electron chi connectivity index (χ0n) is 35.7. The lowest BCUT2D eigenvalue weighted by atomic mass is 9.82. The molecule has 0 unspecified atom stereocenters. The standard InChI is InChI=1S/C60H43NOS/c1-59(2)51-19-11-9-17-43(51)48-32-37(22-29-53(48)59)47-33-38(23-26-41(47)36-14-6-5-7-15-36)61(40-25-31-56-50(35-40)44-18-10-13-21-55(44)63-56)39-24-30-54-49(34-39)46-28-27-45-42-16-8-12-20-52(42)60(3,4)57(45)58(46)62-54/h5-35H,1-4H3. The Morgan fingerprint density at radius 3 is 1.83 bits per heavy atom. The lowest BCUT2D eigenvalue weighted by molar-refractivity contribution is 0.620. The van der Waals surface area contributed by atoms with Crippen LogP contribution < -0.4 is 4.90 Å². The van der Waals surface area contributed by atoms with Crippen LogP contribution in [0.5, 0.6) is 0 Å². The van der Waals surface area contributed by atoms with E-state index in [1.807, 2.05) is 11.3 Å². The van der Waals surface area contributed by atoms with Crippen molar-refractivity contribution in [2.45, 2.75) is 38.5 Å². The van der Waals surface area contributed by atoms with Gasteiger partial charge in [0.1, 0.15) is 11.2 Å². The molecule has 9 aromatic carbocycles. The van der Waals surface area contributed by atoms with Crippen molar-refractivity contribution in [1.29, 1.82) is 0 Å². The van der Waals surface area contributed by atoms with Crippen molar-refractivity contribution >= 4 is 70.5 Å². The summed E-state index contributed by atoms with van der Waals surface area (Å²) in [7, 11) is 0. The van der Waals surface area contributed by atoms with Crippen molar-refractivity contribution in [2.75, 3.05) is 4.90 Å². The smallest absolute Gasteiger partial charge is 0.140 e. The third-order valence-electron chi connectivity index (χ3n) is 14.3. The van der Waals surface area contributed by atoms with Gasteiger partial charge in [-0.05, 0) is 128 Å². The van der Waals surface area contributed by atoms with E-state index in [9.17, 15) is 0 Å². The second kappa shape index (κ2) is 13.2. The highest BCUT2D eigenvalue weighted by Crippen LogP contribution is 2.54. The first kappa shape index (κ1) is 36.5. The monoisotopic (exact) mass is 825 g/mol. The van der Waals surface area contributed by atoms with Gasteiger partial charge >= 0.3 is 0 Å². The Labute approximate surface area is 371 Å².